The zero-order valence-corrected chi connectivity index (χ0v) is 20.6. The molecule has 1 aliphatic heterocycles. The minimum absolute atomic E-state index is 0.0309. The van der Waals surface area contributed by atoms with Crippen molar-refractivity contribution in [3.8, 4) is 11.3 Å². The van der Waals surface area contributed by atoms with Gasteiger partial charge in [0.1, 0.15) is 5.82 Å². The van der Waals surface area contributed by atoms with E-state index in [0.717, 1.165) is 35.7 Å². The van der Waals surface area contributed by atoms with Crippen LogP contribution in [0.3, 0.4) is 0 Å². The minimum Gasteiger partial charge on any atom is -0.378 e. The second-order valence-electron chi connectivity index (χ2n) is 9.22. The van der Waals surface area contributed by atoms with Gasteiger partial charge in [0.25, 0.3) is 5.91 Å². The van der Waals surface area contributed by atoms with E-state index in [1.165, 1.54) is 21.9 Å². The van der Waals surface area contributed by atoms with Gasteiger partial charge in [-0.25, -0.2) is 4.98 Å². The molecule has 2 heterocycles. The van der Waals surface area contributed by atoms with Gasteiger partial charge in [-0.3, -0.25) is 4.79 Å². The molecule has 1 aromatic heterocycles. The summed E-state index contributed by atoms with van der Waals surface area (Å²) in [4.78, 5) is 22.9. The van der Waals surface area contributed by atoms with Crippen LogP contribution in [0.5, 0.6) is 0 Å². The fraction of sp³-hybridized carbons (Fsp3) is 0.267. The van der Waals surface area contributed by atoms with Crippen molar-refractivity contribution >= 4 is 22.5 Å². The van der Waals surface area contributed by atoms with Crippen LogP contribution in [0, 0.1) is 13.8 Å². The first-order valence-electron chi connectivity index (χ1n) is 12.2. The highest BCUT2D eigenvalue weighted by Gasteiger charge is 2.22. The van der Waals surface area contributed by atoms with Gasteiger partial charge in [-0.1, -0.05) is 60.7 Å². The molecule has 1 amide bonds. The Morgan fingerprint density at radius 1 is 0.914 bits per heavy atom. The summed E-state index contributed by atoms with van der Waals surface area (Å²) < 4.78 is 5.52. The van der Waals surface area contributed by atoms with Gasteiger partial charge in [0.2, 0.25) is 0 Å². The molecular weight excluding hydrogens is 434 g/mol. The predicted molar refractivity (Wildman–Crippen MR) is 142 cm³/mol. The summed E-state index contributed by atoms with van der Waals surface area (Å²) in [7, 11) is 1.88. The Hall–Kier alpha value is -3.70. The highest BCUT2D eigenvalue weighted by Crippen LogP contribution is 2.30. The first-order valence-corrected chi connectivity index (χ1v) is 12.2. The van der Waals surface area contributed by atoms with E-state index < -0.39 is 0 Å². The number of nitrogens with zero attached hydrogens (tertiary/aromatic N) is 3. The van der Waals surface area contributed by atoms with Crippen LogP contribution in [0.25, 0.3) is 22.0 Å². The van der Waals surface area contributed by atoms with Crippen molar-refractivity contribution in [2.75, 3.05) is 38.3 Å². The number of amides is 1. The van der Waals surface area contributed by atoms with Gasteiger partial charge in [-0.15, -0.1) is 0 Å². The van der Waals surface area contributed by atoms with Gasteiger partial charge in [0.15, 0.2) is 0 Å². The van der Waals surface area contributed by atoms with Crippen molar-refractivity contribution in [3.05, 3.63) is 95.1 Å². The molecule has 1 aliphatic rings. The fourth-order valence-electron chi connectivity index (χ4n) is 4.80. The Balaban J connectivity index is 1.53. The molecule has 3 aromatic carbocycles. The Kier molecular flexibility index (Phi) is 6.51. The second kappa shape index (κ2) is 9.88. The molecule has 35 heavy (non-hydrogen) atoms. The van der Waals surface area contributed by atoms with E-state index in [1.54, 1.807) is 0 Å². The molecule has 1 saturated heterocycles. The Labute approximate surface area is 207 Å². The Morgan fingerprint density at radius 2 is 1.66 bits per heavy atom. The van der Waals surface area contributed by atoms with Crippen molar-refractivity contribution < 1.29 is 9.53 Å². The van der Waals surface area contributed by atoms with Gasteiger partial charge in [0.05, 0.1) is 24.5 Å². The molecule has 0 bridgehead atoms. The minimum atomic E-state index is -0.0309. The van der Waals surface area contributed by atoms with E-state index in [2.05, 4.69) is 55.1 Å². The van der Waals surface area contributed by atoms with Crippen LogP contribution >= 0.6 is 0 Å². The third-order valence-corrected chi connectivity index (χ3v) is 6.86. The molecular formula is C30H31N3O2. The number of hydrogen-bond acceptors (Lipinski definition) is 4. The van der Waals surface area contributed by atoms with Crippen molar-refractivity contribution in [2.45, 2.75) is 20.4 Å². The number of anilines is 1. The summed E-state index contributed by atoms with van der Waals surface area (Å²) in [6.07, 6.45) is 0. The molecule has 1 fully saturated rings. The summed E-state index contributed by atoms with van der Waals surface area (Å²) in [5, 5.41) is 2.37. The predicted octanol–water partition coefficient (Wildman–Crippen LogP) is 5.63. The third kappa shape index (κ3) is 4.64. The molecule has 0 aliphatic carbocycles. The molecule has 0 unspecified atom stereocenters. The zero-order chi connectivity index (χ0) is 24.4. The summed E-state index contributed by atoms with van der Waals surface area (Å²) in [5.74, 6) is 0.854. The van der Waals surface area contributed by atoms with Crippen LogP contribution in [0.2, 0.25) is 0 Å². The van der Waals surface area contributed by atoms with Crippen LogP contribution in [-0.4, -0.2) is 49.1 Å². The number of benzene rings is 3. The molecule has 0 spiro atoms. The quantitative estimate of drug-likeness (QED) is 0.383. The van der Waals surface area contributed by atoms with Crippen molar-refractivity contribution in [2.24, 2.45) is 0 Å². The number of aryl methyl sites for hydroxylation is 2. The molecule has 0 N–H and O–H groups in total. The standard InChI is InChI=1S/C30H31N3O2/c1-21-8-4-6-10-24(21)29-26(14-15-28(31-29)33-16-18-35-19-17-33)30(34)32(3)20-27-22(2)12-13-23-9-5-7-11-25(23)27/h4-15H,16-20H2,1-3H3. The van der Waals surface area contributed by atoms with Crippen LogP contribution in [0.1, 0.15) is 27.0 Å². The number of pyridine rings is 1. The van der Waals surface area contributed by atoms with Gasteiger partial charge >= 0.3 is 0 Å². The number of ether oxygens (including phenoxy) is 1. The smallest absolute Gasteiger partial charge is 0.256 e. The second-order valence-corrected chi connectivity index (χ2v) is 9.22. The lowest BCUT2D eigenvalue weighted by Gasteiger charge is -2.29. The van der Waals surface area contributed by atoms with Crippen molar-refractivity contribution in [3.63, 3.8) is 0 Å². The number of hydrogen-bond donors (Lipinski definition) is 0. The number of carbonyl (C=O) groups is 1. The maximum atomic E-state index is 13.8. The monoisotopic (exact) mass is 465 g/mol. The summed E-state index contributed by atoms with van der Waals surface area (Å²) in [5.41, 5.74) is 5.80. The topological polar surface area (TPSA) is 45.7 Å². The normalized spacial score (nSPS) is 13.7. The zero-order valence-electron chi connectivity index (χ0n) is 20.6. The van der Waals surface area contributed by atoms with E-state index >= 15 is 0 Å². The maximum Gasteiger partial charge on any atom is 0.256 e. The number of carbonyl (C=O) groups excluding carboxylic acids is 1. The SMILES string of the molecule is Cc1ccccc1-c1nc(N2CCOCC2)ccc1C(=O)N(C)Cc1c(C)ccc2ccccc12. The summed E-state index contributed by atoms with van der Waals surface area (Å²) in [6, 6.07) is 24.7. The number of aromatic nitrogens is 1. The van der Waals surface area contributed by atoms with Crippen LogP contribution in [0.4, 0.5) is 5.82 Å². The average Bonchev–Trinajstić information content (AvgIpc) is 2.90. The summed E-state index contributed by atoms with van der Waals surface area (Å²) in [6.45, 7) is 7.68. The largest absolute Gasteiger partial charge is 0.378 e. The lowest BCUT2D eigenvalue weighted by Crippen LogP contribution is -2.37. The van der Waals surface area contributed by atoms with Gasteiger partial charge in [-0.05, 0) is 53.4 Å². The first kappa shape index (κ1) is 23.1. The van der Waals surface area contributed by atoms with E-state index in [9.17, 15) is 4.79 Å². The third-order valence-electron chi connectivity index (χ3n) is 6.86. The first-order chi connectivity index (χ1) is 17.0. The molecule has 0 atom stereocenters. The average molecular weight is 466 g/mol. The maximum absolute atomic E-state index is 13.8. The Bertz CT molecular complexity index is 1380. The van der Waals surface area contributed by atoms with E-state index in [4.69, 9.17) is 9.72 Å². The lowest BCUT2D eigenvalue weighted by atomic mass is 9.98. The molecule has 5 rings (SSSR count). The highest BCUT2D eigenvalue weighted by atomic mass is 16.5. The molecule has 178 valence electrons. The lowest BCUT2D eigenvalue weighted by molar-refractivity contribution is 0.0786. The van der Waals surface area contributed by atoms with Crippen molar-refractivity contribution in [1.82, 2.24) is 9.88 Å². The molecule has 4 aromatic rings. The Morgan fingerprint density at radius 3 is 2.46 bits per heavy atom. The van der Waals surface area contributed by atoms with Gasteiger partial charge in [-0.2, -0.15) is 0 Å². The highest BCUT2D eigenvalue weighted by molar-refractivity contribution is 6.00. The number of morpholine rings is 1. The number of rotatable bonds is 5. The molecule has 0 radical (unpaired) electrons. The van der Waals surface area contributed by atoms with Crippen molar-refractivity contribution in [1.29, 1.82) is 0 Å². The van der Waals surface area contributed by atoms with Gasteiger partial charge in [0, 0.05) is 32.2 Å². The summed E-state index contributed by atoms with van der Waals surface area (Å²) >= 11 is 0. The van der Waals surface area contributed by atoms with E-state index in [-0.39, 0.29) is 5.91 Å². The molecule has 5 heteroatoms. The number of fused-ring (bicyclic) bond motifs is 1. The van der Waals surface area contributed by atoms with Crippen LogP contribution in [-0.2, 0) is 11.3 Å². The fourth-order valence-corrected chi connectivity index (χ4v) is 4.80. The van der Waals surface area contributed by atoms with Crippen LogP contribution in [0.15, 0.2) is 72.8 Å². The van der Waals surface area contributed by atoms with E-state index in [1.807, 2.05) is 48.3 Å². The molecule has 0 saturated carbocycles. The molecule has 5 nitrogen and oxygen atoms in total. The van der Waals surface area contributed by atoms with Crippen LogP contribution < -0.4 is 4.90 Å². The van der Waals surface area contributed by atoms with Gasteiger partial charge < -0.3 is 14.5 Å². The van der Waals surface area contributed by atoms with E-state index in [0.29, 0.717) is 25.3 Å².